The summed E-state index contributed by atoms with van der Waals surface area (Å²) in [7, 11) is 0. The van der Waals surface area contributed by atoms with Gasteiger partial charge >= 0.3 is 0 Å². The van der Waals surface area contributed by atoms with Crippen LogP contribution in [-0.2, 0) is 0 Å². The molecule has 138 valence electrons. The summed E-state index contributed by atoms with van der Waals surface area (Å²) in [5.41, 5.74) is 2.97. The number of allylic oxidation sites excluding steroid dienone is 1. The van der Waals surface area contributed by atoms with Crippen LogP contribution in [0.5, 0.6) is 0 Å². The molecule has 0 aliphatic heterocycles. The van der Waals surface area contributed by atoms with Crippen molar-refractivity contribution in [1.29, 1.82) is 0 Å². The Balaban J connectivity index is 1.71. The van der Waals surface area contributed by atoms with Gasteiger partial charge in [0.2, 0.25) is 0 Å². The predicted octanol–water partition coefficient (Wildman–Crippen LogP) is 5.99. The van der Waals surface area contributed by atoms with Gasteiger partial charge in [0.25, 0.3) is 0 Å². The third kappa shape index (κ3) is 3.82. The first kappa shape index (κ1) is 18.0. The van der Waals surface area contributed by atoms with Crippen LogP contribution in [0, 0.1) is 6.92 Å². The van der Waals surface area contributed by atoms with Crippen LogP contribution >= 0.6 is 11.6 Å². The van der Waals surface area contributed by atoms with Crippen LogP contribution in [-0.4, -0.2) is 15.6 Å². The molecule has 0 N–H and O–H groups in total. The summed E-state index contributed by atoms with van der Waals surface area (Å²) in [6, 6.07) is 20.4. The van der Waals surface area contributed by atoms with Crippen molar-refractivity contribution in [2.45, 2.75) is 6.92 Å². The second-order valence-electron chi connectivity index (χ2n) is 6.33. The Labute approximate surface area is 167 Å². The van der Waals surface area contributed by atoms with E-state index in [1.165, 1.54) is 6.08 Å². The van der Waals surface area contributed by atoms with E-state index in [1.807, 2.05) is 55.6 Å². The van der Waals surface area contributed by atoms with Crippen LogP contribution in [0.4, 0.5) is 0 Å². The summed E-state index contributed by atoms with van der Waals surface area (Å²) in [6.45, 7) is 1.89. The second kappa shape index (κ2) is 7.71. The van der Waals surface area contributed by atoms with Crippen molar-refractivity contribution in [3.63, 3.8) is 0 Å². The second-order valence-corrected chi connectivity index (χ2v) is 6.76. The fourth-order valence-electron chi connectivity index (χ4n) is 2.85. The number of rotatable bonds is 5. The fraction of sp³-hybridized carbons (Fsp3) is 0.0435. The molecule has 4 nitrogen and oxygen atoms in total. The number of ketones is 1. The molecule has 0 saturated carbocycles. The lowest BCUT2D eigenvalue weighted by molar-refractivity contribution is 0.104. The Morgan fingerprint density at radius 1 is 1.04 bits per heavy atom. The summed E-state index contributed by atoms with van der Waals surface area (Å²) in [6.07, 6.45) is 5.18. The van der Waals surface area contributed by atoms with Crippen molar-refractivity contribution in [1.82, 2.24) is 9.78 Å². The first-order valence-electron chi connectivity index (χ1n) is 8.80. The molecule has 0 unspecified atom stereocenters. The van der Waals surface area contributed by atoms with E-state index < -0.39 is 0 Å². The van der Waals surface area contributed by atoms with E-state index in [2.05, 4.69) is 5.10 Å². The van der Waals surface area contributed by atoms with Crippen LogP contribution in [0.1, 0.15) is 21.7 Å². The van der Waals surface area contributed by atoms with Gasteiger partial charge in [-0.05, 0) is 67.6 Å². The first-order chi connectivity index (χ1) is 13.6. The molecule has 4 rings (SSSR count). The molecule has 0 saturated heterocycles. The van der Waals surface area contributed by atoms with Crippen molar-refractivity contribution in [3.8, 4) is 17.1 Å². The fourth-order valence-corrected chi connectivity index (χ4v) is 2.98. The number of aryl methyl sites for hydroxylation is 1. The standard InChI is InChI=1S/C23H17ClN2O2/c1-16-7-14-22(28-16)23-18(15-26(25-23)20-5-3-2-4-6-20)10-13-21(27)17-8-11-19(24)12-9-17/h2-15H,1H3/b13-10-. The Hall–Kier alpha value is -3.37. The summed E-state index contributed by atoms with van der Waals surface area (Å²) in [4.78, 5) is 12.5. The maximum atomic E-state index is 12.5. The summed E-state index contributed by atoms with van der Waals surface area (Å²) >= 11 is 5.89. The smallest absolute Gasteiger partial charge is 0.185 e. The highest BCUT2D eigenvalue weighted by Crippen LogP contribution is 2.26. The zero-order valence-corrected chi connectivity index (χ0v) is 15.9. The number of benzene rings is 2. The Morgan fingerprint density at radius 3 is 2.46 bits per heavy atom. The van der Waals surface area contributed by atoms with Crippen molar-refractivity contribution in [2.24, 2.45) is 0 Å². The molecule has 0 aliphatic rings. The Morgan fingerprint density at radius 2 is 1.79 bits per heavy atom. The monoisotopic (exact) mass is 388 g/mol. The number of hydrogen-bond donors (Lipinski definition) is 0. The number of aromatic nitrogens is 2. The average molecular weight is 389 g/mol. The van der Waals surface area contributed by atoms with E-state index in [4.69, 9.17) is 16.0 Å². The summed E-state index contributed by atoms with van der Waals surface area (Å²) < 4.78 is 7.53. The summed E-state index contributed by atoms with van der Waals surface area (Å²) in [5.74, 6) is 1.35. The first-order valence-corrected chi connectivity index (χ1v) is 9.18. The number of hydrogen-bond acceptors (Lipinski definition) is 3. The minimum atomic E-state index is -0.106. The van der Waals surface area contributed by atoms with Crippen molar-refractivity contribution < 1.29 is 9.21 Å². The molecule has 0 aliphatic carbocycles. The maximum absolute atomic E-state index is 12.5. The molecular formula is C23H17ClN2O2. The minimum absolute atomic E-state index is 0.106. The lowest BCUT2D eigenvalue weighted by Gasteiger charge is -1.98. The molecule has 28 heavy (non-hydrogen) atoms. The number of para-hydroxylation sites is 1. The van der Waals surface area contributed by atoms with E-state index in [0.29, 0.717) is 22.0 Å². The molecule has 2 heterocycles. The molecule has 5 heteroatoms. The van der Waals surface area contributed by atoms with Crippen LogP contribution in [0.2, 0.25) is 5.02 Å². The van der Waals surface area contributed by atoms with Crippen molar-refractivity contribution >= 4 is 23.5 Å². The lowest BCUT2D eigenvalue weighted by Crippen LogP contribution is -1.93. The largest absolute Gasteiger partial charge is 0.460 e. The van der Waals surface area contributed by atoms with Crippen LogP contribution < -0.4 is 0 Å². The molecule has 0 fully saturated rings. The number of carbonyl (C=O) groups is 1. The van der Waals surface area contributed by atoms with Gasteiger partial charge in [-0.2, -0.15) is 5.10 Å². The van der Waals surface area contributed by atoms with Crippen LogP contribution in [0.15, 0.2) is 83.4 Å². The van der Waals surface area contributed by atoms with Gasteiger partial charge in [-0.15, -0.1) is 0 Å². The molecule has 0 atom stereocenters. The summed E-state index contributed by atoms with van der Waals surface area (Å²) in [5, 5.41) is 5.27. The highest BCUT2D eigenvalue weighted by Gasteiger charge is 2.14. The highest BCUT2D eigenvalue weighted by molar-refractivity contribution is 6.30. The van der Waals surface area contributed by atoms with Gasteiger partial charge in [0.05, 0.1) is 5.69 Å². The average Bonchev–Trinajstić information content (AvgIpc) is 3.33. The number of nitrogens with zero attached hydrogens (tertiary/aromatic N) is 2. The van der Waals surface area contributed by atoms with Crippen LogP contribution in [0.25, 0.3) is 23.2 Å². The van der Waals surface area contributed by atoms with Gasteiger partial charge in [-0.3, -0.25) is 4.79 Å². The molecular weight excluding hydrogens is 372 g/mol. The normalized spacial score (nSPS) is 11.2. The third-order valence-corrected chi connectivity index (χ3v) is 4.53. The van der Waals surface area contributed by atoms with E-state index >= 15 is 0 Å². The molecule has 2 aromatic heterocycles. The number of furan rings is 1. The van der Waals surface area contributed by atoms with Gasteiger partial charge in [-0.25, -0.2) is 4.68 Å². The predicted molar refractivity (Wildman–Crippen MR) is 111 cm³/mol. The zero-order valence-electron chi connectivity index (χ0n) is 15.2. The van der Waals surface area contributed by atoms with E-state index in [-0.39, 0.29) is 5.78 Å². The maximum Gasteiger partial charge on any atom is 0.185 e. The molecule has 4 aromatic rings. The number of carbonyl (C=O) groups excluding carboxylic acids is 1. The quantitative estimate of drug-likeness (QED) is 0.311. The van der Waals surface area contributed by atoms with Crippen LogP contribution in [0.3, 0.4) is 0 Å². The van der Waals surface area contributed by atoms with Gasteiger partial charge in [0.15, 0.2) is 11.5 Å². The molecule has 0 radical (unpaired) electrons. The Bertz CT molecular complexity index is 1140. The Kier molecular flexibility index (Phi) is 4.96. The van der Waals surface area contributed by atoms with Gasteiger partial charge < -0.3 is 4.42 Å². The molecule has 0 spiro atoms. The third-order valence-electron chi connectivity index (χ3n) is 4.28. The van der Waals surface area contributed by atoms with Crippen molar-refractivity contribution in [3.05, 3.63) is 101 Å². The molecule has 0 amide bonds. The zero-order chi connectivity index (χ0) is 19.5. The van der Waals surface area contributed by atoms with Gasteiger partial charge in [0, 0.05) is 22.3 Å². The van der Waals surface area contributed by atoms with Gasteiger partial charge in [0.1, 0.15) is 11.5 Å². The van der Waals surface area contributed by atoms with E-state index in [1.54, 1.807) is 35.0 Å². The SMILES string of the molecule is Cc1ccc(-c2nn(-c3ccccc3)cc2/C=C\C(=O)c2ccc(Cl)cc2)o1. The van der Waals surface area contributed by atoms with Crippen molar-refractivity contribution in [2.75, 3.05) is 0 Å². The minimum Gasteiger partial charge on any atom is -0.460 e. The molecule has 2 aromatic carbocycles. The number of halogens is 1. The lowest BCUT2D eigenvalue weighted by atomic mass is 10.1. The van der Waals surface area contributed by atoms with Gasteiger partial charge in [-0.1, -0.05) is 29.8 Å². The molecule has 0 bridgehead atoms. The highest BCUT2D eigenvalue weighted by atomic mass is 35.5. The topological polar surface area (TPSA) is 48.0 Å². The van der Waals surface area contributed by atoms with E-state index in [0.717, 1.165) is 17.0 Å². The van der Waals surface area contributed by atoms with E-state index in [9.17, 15) is 4.79 Å².